The van der Waals surface area contributed by atoms with Gasteiger partial charge in [-0.2, -0.15) is 0 Å². The Balaban J connectivity index is 0.00000289. The molecule has 1 unspecified atom stereocenters. The van der Waals surface area contributed by atoms with Crippen LogP contribution in [-0.2, 0) is 4.79 Å². The van der Waals surface area contributed by atoms with E-state index in [0.717, 1.165) is 5.56 Å². The molecule has 0 aliphatic heterocycles. The third-order valence-corrected chi connectivity index (χ3v) is 2.90. The maximum absolute atomic E-state index is 11.6. The zero-order chi connectivity index (χ0) is 12.8. The molecular formula is C13H20Cl2N2O. The second-order valence-electron chi connectivity index (χ2n) is 4.34. The van der Waals surface area contributed by atoms with Crippen molar-refractivity contribution in [2.45, 2.75) is 19.9 Å². The van der Waals surface area contributed by atoms with E-state index >= 15 is 0 Å². The van der Waals surface area contributed by atoms with E-state index < -0.39 is 0 Å². The Bertz CT molecular complexity index is 383. The summed E-state index contributed by atoms with van der Waals surface area (Å²) in [6.45, 7) is 4.44. The average molecular weight is 291 g/mol. The summed E-state index contributed by atoms with van der Waals surface area (Å²) in [6.07, 6.45) is 0. The summed E-state index contributed by atoms with van der Waals surface area (Å²) < 4.78 is 0. The lowest BCUT2D eigenvalue weighted by Crippen LogP contribution is -2.37. The molecule has 0 saturated heterocycles. The first-order valence-corrected chi connectivity index (χ1v) is 6.12. The van der Waals surface area contributed by atoms with E-state index in [0.29, 0.717) is 11.6 Å². The first-order chi connectivity index (χ1) is 8.06. The third kappa shape index (κ3) is 4.84. The first-order valence-electron chi connectivity index (χ1n) is 5.74. The standard InChI is InChI=1S/C13H19ClN2O.ClH/c1-9(2)13(16-12(17)8-15-3)10-6-4-5-7-11(10)14;/h4-7,9,13,15H,8H2,1-3H3,(H,16,17);1H. The number of nitrogens with one attached hydrogen (secondary N) is 2. The van der Waals surface area contributed by atoms with Crippen molar-refractivity contribution in [1.82, 2.24) is 10.6 Å². The fourth-order valence-corrected chi connectivity index (χ4v) is 1.97. The summed E-state index contributed by atoms with van der Waals surface area (Å²) in [4.78, 5) is 11.6. The number of amides is 1. The summed E-state index contributed by atoms with van der Waals surface area (Å²) in [5, 5.41) is 6.51. The highest BCUT2D eigenvalue weighted by Gasteiger charge is 2.19. The largest absolute Gasteiger partial charge is 0.348 e. The molecule has 18 heavy (non-hydrogen) atoms. The Hall–Kier alpha value is -0.770. The van der Waals surface area contributed by atoms with Crippen molar-refractivity contribution in [3.63, 3.8) is 0 Å². The third-order valence-electron chi connectivity index (χ3n) is 2.56. The van der Waals surface area contributed by atoms with Crippen LogP contribution in [0.4, 0.5) is 0 Å². The molecule has 0 spiro atoms. The highest BCUT2D eigenvalue weighted by atomic mass is 35.5. The molecule has 0 saturated carbocycles. The van der Waals surface area contributed by atoms with Crippen molar-refractivity contribution in [2.24, 2.45) is 5.92 Å². The molecule has 0 heterocycles. The van der Waals surface area contributed by atoms with Crippen molar-refractivity contribution in [1.29, 1.82) is 0 Å². The molecule has 1 aromatic carbocycles. The fourth-order valence-electron chi connectivity index (χ4n) is 1.72. The molecule has 0 radical (unpaired) electrons. The van der Waals surface area contributed by atoms with Gasteiger partial charge in [0, 0.05) is 5.02 Å². The van der Waals surface area contributed by atoms with Crippen molar-refractivity contribution < 1.29 is 4.79 Å². The molecule has 5 heteroatoms. The summed E-state index contributed by atoms with van der Waals surface area (Å²) >= 11 is 6.16. The average Bonchev–Trinajstić information content (AvgIpc) is 2.27. The van der Waals surface area contributed by atoms with E-state index in [1.165, 1.54) is 0 Å². The molecule has 2 N–H and O–H groups in total. The van der Waals surface area contributed by atoms with Gasteiger partial charge in [0.05, 0.1) is 12.6 Å². The van der Waals surface area contributed by atoms with Gasteiger partial charge in [0.25, 0.3) is 0 Å². The van der Waals surface area contributed by atoms with Gasteiger partial charge in [0.15, 0.2) is 0 Å². The molecule has 0 aliphatic carbocycles. The normalized spacial score (nSPS) is 11.8. The SMILES string of the molecule is CNCC(=O)NC(c1ccccc1Cl)C(C)C.Cl. The summed E-state index contributed by atoms with van der Waals surface area (Å²) in [5.74, 6) is 0.266. The van der Waals surface area contributed by atoms with E-state index in [-0.39, 0.29) is 30.3 Å². The molecule has 0 bridgehead atoms. The number of carbonyl (C=O) groups excluding carboxylic acids is 1. The molecule has 1 amide bonds. The zero-order valence-electron chi connectivity index (χ0n) is 10.9. The molecule has 1 aromatic rings. The van der Waals surface area contributed by atoms with Gasteiger partial charge in [0.1, 0.15) is 0 Å². The van der Waals surface area contributed by atoms with Gasteiger partial charge >= 0.3 is 0 Å². The Kier molecular flexibility index (Phi) is 8.00. The molecule has 0 fully saturated rings. The van der Waals surface area contributed by atoms with Crippen LogP contribution in [0.5, 0.6) is 0 Å². The molecule has 3 nitrogen and oxygen atoms in total. The zero-order valence-corrected chi connectivity index (χ0v) is 12.4. The highest BCUT2D eigenvalue weighted by molar-refractivity contribution is 6.31. The number of carbonyl (C=O) groups is 1. The number of halogens is 2. The van der Waals surface area contributed by atoms with Crippen LogP contribution in [-0.4, -0.2) is 19.5 Å². The lowest BCUT2D eigenvalue weighted by molar-refractivity contribution is -0.121. The predicted octanol–water partition coefficient (Wildman–Crippen LogP) is 2.79. The lowest BCUT2D eigenvalue weighted by atomic mass is 9.96. The van der Waals surface area contributed by atoms with Crippen LogP contribution in [0, 0.1) is 5.92 Å². The number of hydrogen-bond donors (Lipinski definition) is 2. The quantitative estimate of drug-likeness (QED) is 0.876. The van der Waals surface area contributed by atoms with E-state index in [1.807, 2.05) is 24.3 Å². The van der Waals surface area contributed by atoms with Gasteiger partial charge in [-0.05, 0) is 24.6 Å². The smallest absolute Gasteiger partial charge is 0.234 e. The summed E-state index contributed by atoms with van der Waals surface area (Å²) in [7, 11) is 1.75. The summed E-state index contributed by atoms with van der Waals surface area (Å²) in [6, 6.07) is 7.56. The van der Waals surface area contributed by atoms with Crippen LogP contribution < -0.4 is 10.6 Å². The number of hydrogen-bond acceptors (Lipinski definition) is 2. The molecule has 1 atom stereocenters. The van der Waals surface area contributed by atoms with E-state index in [1.54, 1.807) is 7.05 Å². The Morgan fingerprint density at radius 3 is 2.44 bits per heavy atom. The second kappa shape index (κ2) is 8.35. The molecular weight excluding hydrogens is 271 g/mol. The van der Waals surface area contributed by atoms with Crippen molar-refractivity contribution in [2.75, 3.05) is 13.6 Å². The molecule has 1 rings (SSSR count). The van der Waals surface area contributed by atoms with Crippen LogP contribution in [0.25, 0.3) is 0 Å². The summed E-state index contributed by atoms with van der Waals surface area (Å²) in [5.41, 5.74) is 0.966. The van der Waals surface area contributed by atoms with Crippen molar-refractivity contribution in [3.05, 3.63) is 34.9 Å². The highest BCUT2D eigenvalue weighted by Crippen LogP contribution is 2.27. The van der Waals surface area contributed by atoms with Crippen LogP contribution in [0.15, 0.2) is 24.3 Å². The van der Waals surface area contributed by atoms with Crippen molar-refractivity contribution in [3.8, 4) is 0 Å². The second-order valence-corrected chi connectivity index (χ2v) is 4.75. The Morgan fingerprint density at radius 2 is 1.94 bits per heavy atom. The van der Waals surface area contributed by atoms with Crippen LogP contribution in [0.1, 0.15) is 25.5 Å². The predicted molar refractivity (Wildman–Crippen MR) is 78.3 cm³/mol. The first kappa shape index (κ1) is 17.2. The number of benzene rings is 1. The van der Waals surface area contributed by atoms with Crippen LogP contribution >= 0.6 is 24.0 Å². The molecule has 0 aliphatic rings. The van der Waals surface area contributed by atoms with Gasteiger partial charge in [-0.3, -0.25) is 4.79 Å². The minimum absolute atomic E-state index is 0. The van der Waals surface area contributed by atoms with Crippen LogP contribution in [0.3, 0.4) is 0 Å². The molecule has 0 aromatic heterocycles. The van der Waals surface area contributed by atoms with Gasteiger partial charge in [-0.25, -0.2) is 0 Å². The van der Waals surface area contributed by atoms with Gasteiger partial charge < -0.3 is 10.6 Å². The van der Waals surface area contributed by atoms with Crippen LogP contribution in [0.2, 0.25) is 5.02 Å². The van der Waals surface area contributed by atoms with E-state index in [9.17, 15) is 4.79 Å². The minimum atomic E-state index is -0.0513. The van der Waals surface area contributed by atoms with Gasteiger partial charge in [0.2, 0.25) is 5.91 Å². The minimum Gasteiger partial charge on any atom is -0.348 e. The van der Waals surface area contributed by atoms with E-state index in [2.05, 4.69) is 24.5 Å². The monoisotopic (exact) mass is 290 g/mol. The Morgan fingerprint density at radius 1 is 1.33 bits per heavy atom. The van der Waals surface area contributed by atoms with Crippen molar-refractivity contribution >= 4 is 29.9 Å². The maximum atomic E-state index is 11.6. The fraction of sp³-hybridized carbons (Fsp3) is 0.462. The maximum Gasteiger partial charge on any atom is 0.234 e. The lowest BCUT2D eigenvalue weighted by Gasteiger charge is -2.23. The Labute approximate surface area is 120 Å². The van der Waals surface area contributed by atoms with Gasteiger partial charge in [-0.1, -0.05) is 43.6 Å². The topological polar surface area (TPSA) is 41.1 Å². The van der Waals surface area contributed by atoms with Gasteiger partial charge in [-0.15, -0.1) is 12.4 Å². The number of likely N-dealkylation sites (N-methyl/N-ethyl adjacent to an activating group) is 1. The number of rotatable bonds is 5. The molecule has 102 valence electrons. The van der Waals surface area contributed by atoms with E-state index in [4.69, 9.17) is 11.6 Å².